The van der Waals surface area contributed by atoms with Gasteiger partial charge in [-0.15, -0.1) is 22.7 Å². The molecule has 4 nitrogen and oxygen atoms in total. The van der Waals surface area contributed by atoms with Crippen molar-refractivity contribution in [2.45, 2.75) is 13.0 Å². The van der Waals surface area contributed by atoms with Crippen LogP contribution in [-0.2, 0) is 0 Å². The SMILES string of the molecule is CC(NC(=O)c1cc2c(nc3sccn32)s1)c1ccccc1. The van der Waals surface area contributed by atoms with Crippen LogP contribution in [0.2, 0.25) is 0 Å². The fraction of sp³-hybridized carbons (Fsp3) is 0.125. The van der Waals surface area contributed by atoms with Crippen molar-refractivity contribution < 1.29 is 4.79 Å². The summed E-state index contributed by atoms with van der Waals surface area (Å²) in [4.78, 5) is 19.5. The van der Waals surface area contributed by atoms with Gasteiger partial charge in [0.05, 0.1) is 16.4 Å². The summed E-state index contributed by atoms with van der Waals surface area (Å²) >= 11 is 3.03. The van der Waals surface area contributed by atoms with E-state index in [9.17, 15) is 4.79 Å². The van der Waals surface area contributed by atoms with E-state index >= 15 is 0 Å². The lowest BCUT2D eigenvalue weighted by atomic mass is 10.1. The van der Waals surface area contributed by atoms with Gasteiger partial charge in [0, 0.05) is 11.6 Å². The third-order valence-electron chi connectivity index (χ3n) is 3.61. The Morgan fingerprint density at radius 1 is 1.32 bits per heavy atom. The van der Waals surface area contributed by atoms with Gasteiger partial charge in [-0.1, -0.05) is 30.3 Å². The van der Waals surface area contributed by atoms with Gasteiger partial charge in [0.2, 0.25) is 0 Å². The summed E-state index contributed by atoms with van der Waals surface area (Å²) in [5.41, 5.74) is 2.10. The number of benzene rings is 1. The van der Waals surface area contributed by atoms with Gasteiger partial charge in [-0.25, -0.2) is 4.98 Å². The first-order valence-electron chi connectivity index (χ1n) is 6.93. The topological polar surface area (TPSA) is 46.4 Å². The number of hydrogen-bond acceptors (Lipinski definition) is 4. The average molecular weight is 327 g/mol. The van der Waals surface area contributed by atoms with E-state index in [2.05, 4.69) is 10.3 Å². The molecule has 22 heavy (non-hydrogen) atoms. The van der Waals surface area contributed by atoms with Crippen LogP contribution >= 0.6 is 22.7 Å². The molecule has 3 aromatic heterocycles. The van der Waals surface area contributed by atoms with E-state index in [1.54, 1.807) is 11.3 Å². The van der Waals surface area contributed by atoms with E-state index in [1.807, 2.05) is 59.3 Å². The van der Waals surface area contributed by atoms with Gasteiger partial charge in [-0.05, 0) is 18.6 Å². The minimum Gasteiger partial charge on any atom is -0.345 e. The van der Waals surface area contributed by atoms with Gasteiger partial charge in [0.1, 0.15) is 4.83 Å². The Kier molecular flexibility index (Phi) is 3.20. The zero-order valence-corrected chi connectivity index (χ0v) is 13.4. The van der Waals surface area contributed by atoms with E-state index in [-0.39, 0.29) is 11.9 Å². The summed E-state index contributed by atoms with van der Waals surface area (Å²) in [6.45, 7) is 1.99. The van der Waals surface area contributed by atoms with Crippen LogP contribution in [0.1, 0.15) is 28.2 Å². The molecule has 4 aromatic rings. The number of hydrogen-bond donors (Lipinski definition) is 1. The lowest BCUT2D eigenvalue weighted by Gasteiger charge is -2.13. The number of nitrogens with zero attached hydrogens (tertiary/aromatic N) is 2. The summed E-state index contributed by atoms with van der Waals surface area (Å²) in [6.07, 6.45) is 1.98. The highest BCUT2D eigenvalue weighted by molar-refractivity contribution is 7.21. The predicted octanol–water partition coefficient (Wildman–Crippen LogP) is 4.10. The van der Waals surface area contributed by atoms with E-state index in [4.69, 9.17) is 0 Å². The number of carbonyl (C=O) groups excluding carboxylic acids is 1. The standard InChI is InChI=1S/C16H13N3OS2/c1-10(11-5-3-2-4-6-11)17-14(20)13-9-12-15(22-13)18-16-19(12)7-8-21-16/h2-10H,1H3,(H,17,20). The molecule has 0 aliphatic rings. The second-order valence-corrected chi connectivity index (χ2v) is 6.98. The van der Waals surface area contributed by atoms with Crippen molar-refractivity contribution in [2.75, 3.05) is 0 Å². The summed E-state index contributed by atoms with van der Waals surface area (Å²) in [7, 11) is 0. The smallest absolute Gasteiger partial charge is 0.261 e. The Labute approximate surface area is 135 Å². The van der Waals surface area contributed by atoms with Crippen molar-refractivity contribution in [2.24, 2.45) is 0 Å². The number of thiazole rings is 1. The highest BCUT2D eigenvalue weighted by atomic mass is 32.1. The fourth-order valence-corrected chi connectivity index (χ4v) is 4.16. The number of rotatable bonds is 3. The number of carbonyl (C=O) groups is 1. The maximum Gasteiger partial charge on any atom is 0.261 e. The Balaban J connectivity index is 1.60. The number of fused-ring (bicyclic) bond motifs is 3. The quantitative estimate of drug-likeness (QED) is 0.616. The fourth-order valence-electron chi connectivity index (χ4n) is 2.45. The molecule has 0 aliphatic heterocycles. The molecule has 3 heterocycles. The Bertz CT molecular complexity index is 952. The number of aromatic nitrogens is 2. The van der Waals surface area contributed by atoms with Crippen molar-refractivity contribution in [3.05, 3.63) is 58.4 Å². The first-order chi connectivity index (χ1) is 10.7. The molecule has 0 radical (unpaired) electrons. The number of nitrogens with one attached hydrogen (secondary N) is 1. The van der Waals surface area contributed by atoms with Gasteiger partial charge in [0.15, 0.2) is 4.96 Å². The molecule has 110 valence electrons. The van der Waals surface area contributed by atoms with Crippen LogP contribution in [0, 0.1) is 0 Å². The molecular weight excluding hydrogens is 314 g/mol. The van der Waals surface area contributed by atoms with Gasteiger partial charge in [0.25, 0.3) is 5.91 Å². The van der Waals surface area contributed by atoms with Gasteiger partial charge in [-0.3, -0.25) is 9.20 Å². The predicted molar refractivity (Wildman–Crippen MR) is 90.8 cm³/mol. The van der Waals surface area contributed by atoms with Crippen LogP contribution in [0.25, 0.3) is 15.3 Å². The van der Waals surface area contributed by atoms with Crippen LogP contribution in [0.4, 0.5) is 0 Å². The summed E-state index contributed by atoms with van der Waals surface area (Å²) in [5, 5.41) is 5.04. The number of imidazole rings is 1. The molecule has 0 saturated carbocycles. The maximum atomic E-state index is 12.4. The van der Waals surface area contributed by atoms with Crippen LogP contribution in [0.3, 0.4) is 0 Å². The molecule has 0 spiro atoms. The zero-order chi connectivity index (χ0) is 15.1. The molecule has 0 aliphatic carbocycles. The van der Waals surface area contributed by atoms with Crippen molar-refractivity contribution in [1.82, 2.24) is 14.7 Å². The second kappa shape index (κ2) is 5.23. The van der Waals surface area contributed by atoms with Crippen molar-refractivity contribution in [3.8, 4) is 0 Å². The molecule has 1 atom stereocenters. The minimum atomic E-state index is -0.0525. The summed E-state index contributed by atoms with van der Waals surface area (Å²) in [6, 6.07) is 11.9. The third kappa shape index (κ3) is 2.20. The second-order valence-electron chi connectivity index (χ2n) is 5.07. The highest BCUT2D eigenvalue weighted by Crippen LogP contribution is 2.28. The molecule has 1 unspecified atom stereocenters. The highest BCUT2D eigenvalue weighted by Gasteiger charge is 2.17. The minimum absolute atomic E-state index is 0.0214. The Morgan fingerprint density at radius 3 is 2.95 bits per heavy atom. The first kappa shape index (κ1) is 13.5. The van der Waals surface area contributed by atoms with Crippen LogP contribution in [-0.4, -0.2) is 15.3 Å². The largest absolute Gasteiger partial charge is 0.345 e. The average Bonchev–Trinajstić information content (AvgIpc) is 3.19. The van der Waals surface area contributed by atoms with Crippen LogP contribution < -0.4 is 5.32 Å². The summed E-state index contributed by atoms with van der Waals surface area (Å²) < 4.78 is 2.02. The Hall–Kier alpha value is -2.18. The van der Waals surface area contributed by atoms with Crippen molar-refractivity contribution in [1.29, 1.82) is 0 Å². The van der Waals surface area contributed by atoms with Crippen molar-refractivity contribution in [3.63, 3.8) is 0 Å². The number of amides is 1. The van der Waals surface area contributed by atoms with Crippen LogP contribution in [0.5, 0.6) is 0 Å². The molecule has 0 saturated heterocycles. The molecule has 0 fully saturated rings. The lowest BCUT2D eigenvalue weighted by Crippen LogP contribution is -2.25. The monoisotopic (exact) mass is 327 g/mol. The first-order valence-corrected chi connectivity index (χ1v) is 8.63. The van der Waals surface area contributed by atoms with E-state index in [0.717, 1.165) is 20.9 Å². The van der Waals surface area contributed by atoms with E-state index < -0.39 is 0 Å². The molecule has 1 aromatic carbocycles. The zero-order valence-electron chi connectivity index (χ0n) is 11.8. The number of thiophene rings is 1. The molecule has 0 bridgehead atoms. The molecular formula is C16H13N3OS2. The molecule has 6 heteroatoms. The Morgan fingerprint density at radius 2 is 2.14 bits per heavy atom. The molecule has 1 N–H and O–H groups in total. The van der Waals surface area contributed by atoms with Gasteiger partial charge < -0.3 is 5.32 Å². The third-order valence-corrected chi connectivity index (χ3v) is 5.38. The van der Waals surface area contributed by atoms with Crippen molar-refractivity contribution >= 4 is 43.9 Å². The van der Waals surface area contributed by atoms with E-state index in [1.165, 1.54) is 11.3 Å². The normalized spacial score (nSPS) is 12.8. The molecule has 4 rings (SSSR count). The molecule has 1 amide bonds. The van der Waals surface area contributed by atoms with E-state index in [0.29, 0.717) is 4.88 Å². The lowest BCUT2D eigenvalue weighted by molar-refractivity contribution is 0.0944. The van der Waals surface area contributed by atoms with Crippen LogP contribution in [0.15, 0.2) is 48.0 Å². The van der Waals surface area contributed by atoms with Gasteiger partial charge in [-0.2, -0.15) is 0 Å². The van der Waals surface area contributed by atoms with Gasteiger partial charge >= 0.3 is 0 Å². The summed E-state index contributed by atoms with van der Waals surface area (Å²) in [5.74, 6) is -0.0525. The maximum absolute atomic E-state index is 12.4.